The van der Waals surface area contributed by atoms with E-state index in [0.29, 0.717) is 13.1 Å². The molecule has 0 saturated heterocycles. The fourth-order valence-corrected chi connectivity index (χ4v) is 1.71. The van der Waals surface area contributed by atoms with Crippen molar-refractivity contribution in [2.24, 2.45) is 5.73 Å². The van der Waals surface area contributed by atoms with Crippen molar-refractivity contribution in [1.82, 2.24) is 5.32 Å². The van der Waals surface area contributed by atoms with Crippen LogP contribution in [0, 0.1) is 0 Å². The van der Waals surface area contributed by atoms with Gasteiger partial charge < -0.3 is 15.8 Å². The zero-order chi connectivity index (χ0) is 14.5. The van der Waals surface area contributed by atoms with Crippen molar-refractivity contribution >= 4 is 6.09 Å². The number of nitrogens with one attached hydrogen (secondary N) is 1. The number of hydrogen-bond acceptors (Lipinski definition) is 3. The third kappa shape index (κ3) is 4.91. The lowest BCUT2D eigenvalue weighted by atomic mass is 9.82. The normalized spacial score (nSPS) is 14.6. The summed E-state index contributed by atoms with van der Waals surface area (Å²) in [6.07, 6.45) is -0.414. The SMILES string of the molecule is CC(C)(C)OC(=O)NCC(C)(CN)c1ccccc1. The van der Waals surface area contributed by atoms with Gasteiger partial charge in [0.1, 0.15) is 5.60 Å². The van der Waals surface area contributed by atoms with Gasteiger partial charge in [0.25, 0.3) is 0 Å². The molecule has 0 aliphatic rings. The second-order valence-electron chi connectivity index (χ2n) is 5.99. The zero-order valence-electron chi connectivity index (χ0n) is 12.2. The van der Waals surface area contributed by atoms with Crippen molar-refractivity contribution in [1.29, 1.82) is 0 Å². The first-order chi connectivity index (χ1) is 8.77. The Morgan fingerprint density at radius 2 is 1.79 bits per heavy atom. The highest BCUT2D eigenvalue weighted by atomic mass is 16.6. The maximum Gasteiger partial charge on any atom is 0.407 e. The van der Waals surface area contributed by atoms with Gasteiger partial charge in [-0.3, -0.25) is 0 Å². The number of rotatable bonds is 4. The molecule has 0 aliphatic carbocycles. The first-order valence-electron chi connectivity index (χ1n) is 6.49. The Bertz CT molecular complexity index is 412. The Balaban J connectivity index is 2.65. The van der Waals surface area contributed by atoms with Gasteiger partial charge in [0.05, 0.1) is 0 Å². The van der Waals surface area contributed by atoms with E-state index in [9.17, 15) is 4.79 Å². The van der Waals surface area contributed by atoms with Crippen LogP contribution in [0.2, 0.25) is 0 Å². The Morgan fingerprint density at radius 1 is 1.21 bits per heavy atom. The third-order valence-electron chi connectivity index (χ3n) is 2.94. The van der Waals surface area contributed by atoms with E-state index >= 15 is 0 Å². The molecule has 1 rings (SSSR count). The van der Waals surface area contributed by atoms with Gasteiger partial charge in [0.2, 0.25) is 0 Å². The lowest BCUT2D eigenvalue weighted by Crippen LogP contribution is -2.45. The molecule has 0 aliphatic heterocycles. The number of benzene rings is 1. The molecule has 1 atom stereocenters. The van der Waals surface area contributed by atoms with E-state index in [4.69, 9.17) is 10.5 Å². The van der Waals surface area contributed by atoms with Gasteiger partial charge in [0.15, 0.2) is 0 Å². The molecule has 0 saturated carbocycles. The number of ether oxygens (including phenoxy) is 1. The van der Waals surface area contributed by atoms with Gasteiger partial charge >= 0.3 is 6.09 Å². The van der Waals surface area contributed by atoms with Crippen molar-refractivity contribution < 1.29 is 9.53 Å². The van der Waals surface area contributed by atoms with Crippen LogP contribution in [0.1, 0.15) is 33.3 Å². The molecule has 0 fully saturated rings. The molecule has 1 unspecified atom stereocenters. The van der Waals surface area contributed by atoms with Crippen LogP contribution in [0.3, 0.4) is 0 Å². The molecular weight excluding hydrogens is 240 g/mol. The Labute approximate surface area is 115 Å². The molecule has 19 heavy (non-hydrogen) atoms. The van der Waals surface area contributed by atoms with Crippen LogP contribution in [-0.2, 0) is 10.2 Å². The second-order valence-corrected chi connectivity index (χ2v) is 5.99. The van der Waals surface area contributed by atoms with E-state index in [0.717, 1.165) is 5.56 Å². The number of hydrogen-bond donors (Lipinski definition) is 2. The van der Waals surface area contributed by atoms with Crippen molar-refractivity contribution in [3.8, 4) is 0 Å². The molecule has 0 spiro atoms. The Kier molecular flexibility index (Phi) is 4.95. The minimum Gasteiger partial charge on any atom is -0.444 e. The lowest BCUT2D eigenvalue weighted by molar-refractivity contribution is 0.0516. The highest BCUT2D eigenvalue weighted by Crippen LogP contribution is 2.21. The molecule has 106 valence electrons. The van der Waals surface area contributed by atoms with Crippen molar-refractivity contribution in [2.75, 3.05) is 13.1 Å². The van der Waals surface area contributed by atoms with Crippen LogP contribution < -0.4 is 11.1 Å². The van der Waals surface area contributed by atoms with Crippen molar-refractivity contribution in [3.05, 3.63) is 35.9 Å². The van der Waals surface area contributed by atoms with E-state index in [1.807, 2.05) is 58.0 Å². The summed E-state index contributed by atoms with van der Waals surface area (Å²) in [6, 6.07) is 9.93. The van der Waals surface area contributed by atoms with Crippen molar-refractivity contribution in [3.63, 3.8) is 0 Å². The summed E-state index contributed by atoms with van der Waals surface area (Å²) in [5.41, 5.74) is 6.18. The van der Waals surface area contributed by atoms with Crippen LogP contribution in [-0.4, -0.2) is 24.8 Å². The highest BCUT2D eigenvalue weighted by Gasteiger charge is 2.26. The largest absolute Gasteiger partial charge is 0.444 e. The van der Waals surface area contributed by atoms with Gasteiger partial charge in [-0.2, -0.15) is 0 Å². The summed E-state index contributed by atoms with van der Waals surface area (Å²) in [5.74, 6) is 0. The van der Waals surface area contributed by atoms with Gasteiger partial charge in [-0.25, -0.2) is 4.79 Å². The van der Waals surface area contributed by atoms with E-state index < -0.39 is 11.7 Å². The van der Waals surface area contributed by atoms with E-state index in [1.54, 1.807) is 0 Å². The number of alkyl carbamates (subject to hydrolysis) is 1. The lowest BCUT2D eigenvalue weighted by Gasteiger charge is -2.29. The predicted octanol–water partition coefficient (Wildman–Crippen LogP) is 2.43. The molecule has 4 heteroatoms. The molecule has 0 aromatic heterocycles. The maximum absolute atomic E-state index is 11.7. The number of nitrogens with two attached hydrogens (primary N) is 1. The van der Waals surface area contributed by atoms with Crippen molar-refractivity contribution in [2.45, 2.75) is 38.7 Å². The highest BCUT2D eigenvalue weighted by molar-refractivity contribution is 5.67. The molecule has 1 amide bonds. The molecule has 0 radical (unpaired) electrons. The second kappa shape index (κ2) is 6.06. The molecular formula is C15H24N2O2. The maximum atomic E-state index is 11.7. The Morgan fingerprint density at radius 3 is 2.26 bits per heavy atom. The zero-order valence-corrected chi connectivity index (χ0v) is 12.2. The van der Waals surface area contributed by atoms with E-state index in [2.05, 4.69) is 5.32 Å². The van der Waals surface area contributed by atoms with Gasteiger partial charge in [-0.15, -0.1) is 0 Å². The Hall–Kier alpha value is -1.55. The minimum absolute atomic E-state index is 0.293. The minimum atomic E-state index is -0.490. The average molecular weight is 264 g/mol. The molecule has 3 N–H and O–H groups in total. The topological polar surface area (TPSA) is 64.3 Å². The van der Waals surface area contributed by atoms with E-state index in [-0.39, 0.29) is 5.41 Å². The summed E-state index contributed by atoms with van der Waals surface area (Å²) in [5, 5.41) is 2.79. The summed E-state index contributed by atoms with van der Waals surface area (Å²) < 4.78 is 5.22. The molecule has 0 heterocycles. The quantitative estimate of drug-likeness (QED) is 0.878. The van der Waals surface area contributed by atoms with Gasteiger partial charge in [-0.05, 0) is 26.3 Å². The standard InChI is InChI=1S/C15H24N2O2/c1-14(2,3)19-13(18)17-11-15(4,10-16)12-8-6-5-7-9-12/h5-9H,10-11,16H2,1-4H3,(H,17,18). The third-order valence-corrected chi connectivity index (χ3v) is 2.94. The first-order valence-corrected chi connectivity index (χ1v) is 6.49. The predicted molar refractivity (Wildman–Crippen MR) is 77.1 cm³/mol. The number of carbonyl (C=O) groups is 1. The van der Waals surface area contributed by atoms with Crippen LogP contribution in [0.4, 0.5) is 4.79 Å². The van der Waals surface area contributed by atoms with Crippen LogP contribution in [0.25, 0.3) is 0 Å². The first kappa shape index (κ1) is 15.5. The number of amides is 1. The van der Waals surface area contributed by atoms with Crippen LogP contribution in [0.5, 0.6) is 0 Å². The fourth-order valence-electron chi connectivity index (χ4n) is 1.71. The van der Waals surface area contributed by atoms with Crippen LogP contribution >= 0.6 is 0 Å². The number of carbonyl (C=O) groups excluding carboxylic acids is 1. The fraction of sp³-hybridized carbons (Fsp3) is 0.533. The molecule has 0 bridgehead atoms. The molecule has 4 nitrogen and oxygen atoms in total. The van der Waals surface area contributed by atoms with Gasteiger partial charge in [0, 0.05) is 18.5 Å². The molecule has 1 aromatic carbocycles. The smallest absolute Gasteiger partial charge is 0.407 e. The summed E-state index contributed by atoms with van der Waals surface area (Å²) in [4.78, 5) is 11.7. The van der Waals surface area contributed by atoms with Crippen LogP contribution in [0.15, 0.2) is 30.3 Å². The summed E-state index contributed by atoms with van der Waals surface area (Å²) in [7, 11) is 0. The van der Waals surface area contributed by atoms with Gasteiger partial charge in [-0.1, -0.05) is 37.3 Å². The molecule has 1 aromatic rings. The monoisotopic (exact) mass is 264 g/mol. The van der Waals surface area contributed by atoms with E-state index in [1.165, 1.54) is 0 Å². The average Bonchev–Trinajstić information content (AvgIpc) is 2.35. The summed E-state index contributed by atoms with van der Waals surface area (Å²) in [6.45, 7) is 8.44. The summed E-state index contributed by atoms with van der Waals surface area (Å²) >= 11 is 0.